The Morgan fingerprint density at radius 3 is 2.30 bits per heavy atom. The van der Waals surface area contributed by atoms with Crippen molar-refractivity contribution in [3.05, 3.63) is 98.4 Å². The lowest BCUT2D eigenvalue weighted by Gasteiger charge is -2.31. The van der Waals surface area contributed by atoms with Gasteiger partial charge in [-0.3, -0.25) is 9.59 Å². The van der Waals surface area contributed by atoms with Gasteiger partial charge in [0, 0.05) is 24.5 Å². The van der Waals surface area contributed by atoms with Crippen LogP contribution in [0.5, 0.6) is 5.75 Å². The Bertz CT molecular complexity index is 1090. The molecule has 0 saturated heterocycles. The first-order chi connectivity index (χ1) is 15.9. The van der Waals surface area contributed by atoms with Gasteiger partial charge < -0.3 is 15.0 Å². The van der Waals surface area contributed by atoms with Gasteiger partial charge in [0.05, 0.1) is 10.0 Å². The molecule has 3 aromatic carbocycles. The number of benzene rings is 3. The molecule has 3 aromatic rings. The van der Waals surface area contributed by atoms with Crippen LogP contribution in [0.3, 0.4) is 0 Å². The van der Waals surface area contributed by atoms with Crippen molar-refractivity contribution in [1.29, 1.82) is 0 Å². The van der Waals surface area contributed by atoms with Gasteiger partial charge in [-0.05, 0) is 47.5 Å². The summed E-state index contributed by atoms with van der Waals surface area (Å²) in [5.74, 6) is -0.0370. The van der Waals surface area contributed by atoms with Gasteiger partial charge in [-0.15, -0.1) is 0 Å². The van der Waals surface area contributed by atoms with Gasteiger partial charge in [0.25, 0.3) is 5.91 Å². The van der Waals surface area contributed by atoms with E-state index in [4.69, 9.17) is 27.9 Å². The van der Waals surface area contributed by atoms with Crippen LogP contribution >= 0.6 is 39.1 Å². The van der Waals surface area contributed by atoms with E-state index in [2.05, 4.69) is 21.2 Å². The third-order valence-electron chi connectivity index (χ3n) is 5.03. The molecular formula is C25H23BrCl2N2O3. The maximum atomic E-state index is 13.3. The minimum absolute atomic E-state index is 0.171. The number of nitrogens with one attached hydrogen (secondary N) is 1. The zero-order chi connectivity index (χ0) is 23.8. The number of hydrogen-bond acceptors (Lipinski definition) is 3. The highest BCUT2D eigenvalue weighted by Crippen LogP contribution is 2.24. The lowest BCUT2D eigenvalue weighted by Crippen LogP contribution is -2.51. The van der Waals surface area contributed by atoms with Crippen molar-refractivity contribution in [1.82, 2.24) is 10.2 Å². The molecule has 0 bridgehead atoms. The zero-order valence-corrected chi connectivity index (χ0v) is 21.0. The van der Waals surface area contributed by atoms with Crippen LogP contribution in [0.2, 0.25) is 10.0 Å². The number of rotatable bonds is 9. The average Bonchev–Trinajstić information content (AvgIpc) is 2.83. The van der Waals surface area contributed by atoms with Crippen LogP contribution in [0.15, 0.2) is 77.3 Å². The maximum Gasteiger partial charge on any atom is 0.261 e. The second kappa shape index (κ2) is 12.1. The fraction of sp³-hybridized carbons (Fsp3) is 0.200. The summed E-state index contributed by atoms with van der Waals surface area (Å²) in [6.45, 7) is -0.0461. The van der Waals surface area contributed by atoms with E-state index in [-0.39, 0.29) is 25.0 Å². The number of amides is 2. The minimum atomic E-state index is -0.743. The Hall–Kier alpha value is -2.54. The van der Waals surface area contributed by atoms with Crippen LogP contribution in [0, 0.1) is 0 Å². The molecule has 0 spiro atoms. The summed E-state index contributed by atoms with van der Waals surface area (Å²) < 4.78 is 6.61. The summed E-state index contributed by atoms with van der Waals surface area (Å²) in [7, 11) is 1.56. The van der Waals surface area contributed by atoms with E-state index in [9.17, 15) is 9.59 Å². The topological polar surface area (TPSA) is 58.6 Å². The predicted molar refractivity (Wildman–Crippen MR) is 135 cm³/mol. The fourth-order valence-electron chi connectivity index (χ4n) is 3.31. The Kier molecular flexibility index (Phi) is 9.18. The fourth-order valence-corrected chi connectivity index (χ4v) is 3.90. The van der Waals surface area contributed by atoms with Gasteiger partial charge in [0.2, 0.25) is 5.91 Å². The minimum Gasteiger partial charge on any atom is -0.484 e. The molecule has 8 heteroatoms. The lowest BCUT2D eigenvalue weighted by atomic mass is 10.0. The molecule has 2 amide bonds. The van der Waals surface area contributed by atoms with Gasteiger partial charge in [-0.2, -0.15) is 0 Å². The highest BCUT2D eigenvalue weighted by molar-refractivity contribution is 9.10. The molecule has 1 N–H and O–H groups in total. The molecule has 0 aliphatic rings. The van der Waals surface area contributed by atoms with E-state index >= 15 is 0 Å². The van der Waals surface area contributed by atoms with Gasteiger partial charge in [-0.25, -0.2) is 0 Å². The molecule has 3 rings (SSSR count). The van der Waals surface area contributed by atoms with E-state index in [1.807, 2.05) is 42.5 Å². The van der Waals surface area contributed by atoms with Crippen molar-refractivity contribution in [2.24, 2.45) is 0 Å². The molecule has 172 valence electrons. The molecule has 0 saturated carbocycles. The molecular weight excluding hydrogens is 527 g/mol. The molecule has 0 heterocycles. The van der Waals surface area contributed by atoms with E-state index in [1.54, 1.807) is 37.4 Å². The van der Waals surface area contributed by atoms with Crippen LogP contribution in [-0.2, 0) is 22.6 Å². The third-order valence-corrected chi connectivity index (χ3v) is 6.30. The molecule has 0 unspecified atom stereocenters. The number of halogens is 3. The molecule has 33 heavy (non-hydrogen) atoms. The van der Waals surface area contributed by atoms with Crippen molar-refractivity contribution in [3.8, 4) is 5.75 Å². The number of nitrogens with zero attached hydrogens (tertiary/aromatic N) is 1. The summed E-state index contributed by atoms with van der Waals surface area (Å²) in [6.07, 6.45) is 0.353. The monoisotopic (exact) mass is 548 g/mol. The second-order valence-electron chi connectivity index (χ2n) is 7.33. The van der Waals surface area contributed by atoms with Crippen LogP contribution < -0.4 is 10.1 Å². The van der Waals surface area contributed by atoms with Crippen molar-refractivity contribution < 1.29 is 14.3 Å². The highest BCUT2D eigenvalue weighted by Gasteiger charge is 2.30. The molecule has 0 fully saturated rings. The van der Waals surface area contributed by atoms with Crippen molar-refractivity contribution in [2.75, 3.05) is 13.7 Å². The predicted octanol–water partition coefficient (Wildman–Crippen LogP) is 5.52. The molecule has 0 aliphatic heterocycles. The summed E-state index contributed by atoms with van der Waals surface area (Å²) in [4.78, 5) is 27.7. The van der Waals surface area contributed by atoms with Crippen LogP contribution in [0.1, 0.15) is 11.1 Å². The number of carbonyl (C=O) groups is 2. The highest BCUT2D eigenvalue weighted by atomic mass is 79.9. The van der Waals surface area contributed by atoms with Gasteiger partial charge in [-0.1, -0.05) is 75.5 Å². The Labute approximate surface area is 211 Å². The first-order valence-electron chi connectivity index (χ1n) is 10.2. The number of carbonyl (C=O) groups excluding carboxylic acids is 2. The lowest BCUT2D eigenvalue weighted by molar-refractivity contribution is -0.142. The Morgan fingerprint density at radius 1 is 0.970 bits per heavy atom. The first-order valence-corrected chi connectivity index (χ1v) is 11.8. The third kappa shape index (κ3) is 7.22. The normalized spacial score (nSPS) is 11.5. The van der Waals surface area contributed by atoms with Gasteiger partial charge >= 0.3 is 0 Å². The molecule has 0 aromatic heterocycles. The van der Waals surface area contributed by atoms with Crippen LogP contribution in [-0.4, -0.2) is 36.4 Å². The van der Waals surface area contributed by atoms with Crippen LogP contribution in [0.25, 0.3) is 0 Å². The molecule has 1 atom stereocenters. The Balaban J connectivity index is 1.88. The second-order valence-corrected chi connectivity index (χ2v) is 9.06. The number of hydrogen-bond donors (Lipinski definition) is 1. The molecule has 5 nitrogen and oxygen atoms in total. The standard InChI is InChI=1S/C25H23BrCl2N2O3/c1-29-25(32)23(14-17-5-3-2-4-6-17)30(15-18-7-12-21(27)22(28)13-18)24(31)16-33-20-10-8-19(26)9-11-20/h2-13,23H,14-16H2,1H3,(H,29,32)/t23-/m1/s1. The molecule has 0 aliphatic carbocycles. The number of ether oxygens (including phenoxy) is 1. The largest absolute Gasteiger partial charge is 0.484 e. The summed E-state index contributed by atoms with van der Waals surface area (Å²) >= 11 is 15.6. The van der Waals surface area contributed by atoms with Crippen molar-refractivity contribution in [2.45, 2.75) is 19.0 Å². The zero-order valence-electron chi connectivity index (χ0n) is 17.9. The van der Waals surface area contributed by atoms with E-state index in [0.717, 1.165) is 15.6 Å². The number of likely N-dealkylation sites (N-methyl/N-ethyl adjacent to an activating group) is 1. The smallest absolute Gasteiger partial charge is 0.261 e. The summed E-state index contributed by atoms with van der Waals surface area (Å²) in [5, 5.41) is 3.48. The van der Waals surface area contributed by atoms with Crippen molar-refractivity contribution in [3.63, 3.8) is 0 Å². The summed E-state index contributed by atoms with van der Waals surface area (Å²) in [5.41, 5.74) is 1.69. The van der Waals surface area contributed by atoms with E-state index < -0.39 is 6.04 Å². The van der Waals surface area contributed by atoms with Gasteiger partial charge in [0.1, 0.15) is 11.8 Å². The molecule has 0 radical (unpaired) electrons. The summed E-state index contributed by atoms with van der Waals surface area (Å²) in [6, 6.07) is 21.2. The van der Waals surface area contributed by atoms with Crippen LogP contribution in [0.4, 0.5) is 0 Å². The first kappa shape index (κ1) is 25.1. The van der Waals surface area contributed by atoms with E-state index in [1.165, 1.54) is 4.90 Å². The van der Waals surface area contributed by atoms with Gasteiger partial charge in [0.15, 0.2) is 6.61 Å². The van der Waals surface area contributed by atoms with Crippen molar-refractivity contribution >= 4 is 50.9 Å². The quantitative estimate of drug-likeness (QED) is 0.382. The Morgan fingerprint density at radius 2 is 1.67 bits per heavy atom. The van der Waals surface area contributed by atoms with E-state index in [0.29, 0.717) is 22.2 Å². The average molecular weight is 550 g/mol. The maximum absolute atomic E-state index is 13.3. The SMILES string of the molecule is CNC(=O)[C@@H](Cc1ccccc1)N(Cc1ccc(Cl)c(Cl)c1)C(=O)COc1ccc(Br)cc1.